The molecule has 0 bridgehead atoms. The lowest BCUT2D eigenvalue weighted by atomic mass is 9.88. The summed E-state index contributed by atoms with van der Waals surface area (Å²) in [5, 5.41) is 20.8. The number of rotatable bonds is 11. The van der Waals surface area contributed by atoms with Crippen LogP contribution >= 0.6 is 0 Å². The Morgan fingerprint density at radius 3 is 2.45 bits per heavy atom. The van der Waals surface area contributed by atoms with Crippen LogP contribution < -0.4 is 20.3 Å². The molecule has 8 nitrogen and oxygen atoms in total. The Balaban J connectivity index is 1.86. The normalized spacial score (nSPS) is 17.9. The zero-order valence-electron chi connectivity index (χ0n) is 23.3. The van der Waals surface area contributed by atoms with Crippen molar-refractivity contribution in [3.8, 4) is 0 Å². The number of hydrogen-bond acceptors (Lipinski definition) is 6. The Morgan fingerprint density at radius 1 is 1.11 bits per heavy atom. The van der Waals surface area contributed by atoms with Gasteiger partial charge in [-0.05, 0) is 62.3 Å². The number of amides is 1. The predicted octanol–water partition coefficient (Wildman–Crippen LogP) is 3.77. The molecule has 1 saturated heterocycles. The lowest BCUT2D eigenvalue weighted by molar-refractivity contribution is 0.0813. The van der Waals surface area contributed by atoms with Crippen LogP contribution in [-0.2, 0) is 16.4 Å². The summed E-state index contributed by atoms with van der Waals surface area (Å²) in [5.41, 5.74) is 2.53. The van der Waals surface area contributed by atoms with Crippen LogP contribution in [0.4, 0.5) is 11.4 Å². The third-order valence-corrected chi connectivity index (χ3v) is 9.08. The van der Waals surface area contributed by atoms with E-state index in [0.29, 0.717) is 49.4 Å². The Kier molecular flexibility index (Phi) is 10.2. The maximum absolute atomic E-state index is 13.6. The highest BCUT2D eigenvalue weighted by atomic mass is 32.2. The Labute approximate surface area is 228 Å². The second-order valence-corrected chi connectivity index (χ2v) is 13.2. The van der Waals surface area contributed by atoms with Gasteiger partial charge in [0.05, 0.1) is 23.6 Å². The molecular weight excluding hydrogens is 500 g/mol. The van der Waals surface area contributed by atoms with Crippen LogP contribution in [-0.4, -0.2) is 63.0 Å². The first-order valence-corrected chi connectivity index (χ1v) is 15.2. The molecule has 1 heterocycles. The highest BCUT2D eigenvalue weighted by Gasteiger charge is 2.29. The number of hydrogen-bond donors (Lipinski definition) is 4. The average molecular weight is 545 g/mol. The number of nitrogens with one attached hydrogen (secondary N) is 3. The van der Waals surface area contributed by atoms with Crippen molar-refractivity contribution < 1.29 is 18.3 Å². The fraction of sp³-hybridized carbons (Fsp3) is 0.552. The molecule has 0 aromatic heterocycles. The van der Waals surface area contributed by atoms with Crippen LogP contribution in [0.5, 0.6) is 0 Å². The number of anilines is 2. The first-order chi connectivity index (χ1) is 17.9. The monoisotopic (exact) mass is 544 g/mol. The van der Waals surface area contributed by atoms with Gasteiger partial charge in [0, 0.05) is 36.9 Å². The number of nitrogens with zero attached hydrogens (tertiary/aromatic N) is 1. The first-order valence-electron chi connectivity index (χ1n) is 13.6. The van der Waals surface area contributed by atoms with Gasteiger partial charge >= 0.3 is 0 Å². The van der Waals surface area contributed by atoms with Gasteiger partial charge in [0.15, 0.2) is 0 Å². The van der Waals surface area contributed by atoms with Crippen molar-refractivity contribution >= 4 is 27.3 Å². The third kappa shape index (κ3) is 8.19. The number of aliphatic hydroxyl groups excluding tert-OH is 1. The van der Waals surface area contributed by atoms with E-state index in [2.05, 4.69) is 43.6 Å². The van der Waals surface area contributed by atoms with Crippen LogP contribution in [0.3, 0.4) is 0 Å². The van der Waals surface area contributed by atoms with E-state index in [9.17, 15) is 18.3 Å². The largest absolute Gasteiger partial charge is 0.390 e. The van der Waals surface area contributed by atoms with Gasteiger partial charge in [0.25, 0.3) is 5.91 Å². The van der Waals surface area contributed by atoms with Crippen molar-refractivity contribution in [2.75, 3.05) is 35.0 Å². The fourth-order valence-electron chi connectivity index (χ4n) is 4.42. The van der Waals surface area contributed by atoms with Crippen LogP contribution in [0.25, 0.3) is 0 Å². The molecule has 0 radical (unpaired) electrons. The molecule has 2 aromatic carbocycles. The summed E-state index contributed by atoms with van der Waals surface area (Å²) < 4.78 is 26.9. The summed E-state index contributed by atoms with van der Waals surface area (Å²) in [7, 11) is -3.43. The van der Waals surface area contributed by atoms with E-state index in [1.807, 2.05) is 37.3 Å². The van der Waals surface area contributed by atoms with E-state index in [0.717, 1.165) is 12.0 Å². The third-order valence-electron chi connectivity index (χ3n) is 7.21. The molecule has 1 aliphatic heterocycles. The van der Waals surface area contributed by atoms with E-state index in [1.165, 1.54) is 4.31 Å². The summed E-state index contributed by atoms with van der Waals surface area (Å²) in [6.07, 6.45) is 1.04. The second kappa shape index (κ2) is 13.0. The molecule has 210 valence electrons. The predicted molar refractivity (Wildman–Crippen MR) is 155 cm³/mol. The van der Waals surface area contributed by atoms with Crippen molar-refractivity contribution in [2.45, 2.75) is 72.1 Å². The molecule has 38 heavy (non-hydrogen) atoms. The van der Waals surface area contributed by atoms with E-state index < -0.39 is 22.2 Å². The molecule has 0 unspecified atom stereocenters. The summed E-state index contributed by atoms with van der Waals surface area (Å²) in [5.74, 6) is -0.255. The van der Waals surface area contributed by atoms with E-state index in [4.69, 9.17) is 0 Å². The quantitative estimate of drug-likeness (QED) is 0.343. The number of carbonyl (C=O) groups excluding carboxylic acids is 1. The summed E-state index contributed by atoms with van der Waals surface area (Å²) in [6.45, 7) is 11.8. The first kappa shape index (κ1) is 29.9. The Morgan fingerprint density at radius 2 is 1.82 bits per heavy atom. The molecule has 1 amide bonds. The maximum atomic E-state index is 13.6. The molecule has 4 N–H and O–H groups in total. The second-order valence-electron chi connectivity index (χ2n) is 11.2. The standard InChI is InChI=1S/C29H44N4O4S/c1-6-30-24-17-23(18-25(19-24)33-14-10-11-15-38(33,36)37)28(35)32-26(16-22-12-8-7-9-13-22)27(34)20-31-21(2)29(3,4)5/h7-9,12-13,17-19,21,26-27,30-31,34H,6,10-11,14-16,20H2,1-5H3,(H,32,35)/t21-,26+,27-/m1/s1. The number of sulfonamides is 1. The number of benzene rings is 2. The molecule has 0 spiro atoms. The van der Waals surface area contributed by atoms with E-state index in [-0.39, 0.29) is 23.1 Å². The fourth-order valence-corrected chi connectivity index (χ4v) is 6.04. The van der Waals surface area contributed by atoms with Gasteiger partial charge in [-0.1, -0.05) is 51.1 Å². The van der Waals surface area contributed by atoms with Gasteiger partial charge in [-0.25, -0.2) is 8.42 Å². The van der Waals surface area contributed by atoms with Gasteiger partial charge in [0.2, 0.25) is 10.0 Å². The van der Waals surface area contributed by atoms with E-state index in [1.54, 1.807) is 18.2 Å². The molecule has 0 aliphatic carbocycles. The molecule has 0 saturated carbocycles. The van der Waals surface area contributed by atoms with Gasteiger partial charge in [-0.2, -0.15) is 0 Å². The topological polar surface area (TPSA) is 111 Å². The minimum atomic E-state index is -3.43. The Hall–Kier alpha value is -2.62. The smallest absolute Gasteiger partial charge is 0.251 e. The number of carbonyl (C=O) groups is 1. The average Bonchev–Trinajstić information content (AvgIpc) is 2.86. The van der Waals surface area contributed by atoms with Gasteiger partial charge < -0.3 is 21.1 Å². The minimum Gasteiger partial charge on any atom is -0.390 e. The van der Waals surface area contributed by atoms with Crippen molar-refractivity contribution in [3.63, 3.8) is 0 Å². The zero-order chi connectivity index (χ0) is 27.9. The molecule has 1 fully saturated rings. The highest BCUT2D eigenvalue weighted by Crippen LogP contribution is 2.28. The van der Waals surface area contributed by atoms with Gasteiger partial charge in [0.1, 0.15) is 0 Å². The number of aliphatic hydroxyl groups is 1. The van der Waals surface area contributed by atoms with E-state index >= 15 is 0 Å². The van der Waals surface area contributed by atoms with Crippen LogP contribution in [0.15, 0.2) is 48.5 Å². The molecule has 1 aliphatic rings. The van der Waals surface area contributed by atoms with Crippen molar-refractivity contribution in [1.29, 1.82) is 0 Å². The van der Waals surface area contributed by atoms with Crippen LogP contribution in [0, 0.1) is 5.41 Å². The van der Waals surface area contributed by atoms with Crippen molar-refractivity contribution in [2.24, 2.45) is 5.41 Å². The Bertz CT molecular complexity index is 1160. The summed E-state index contributed by atoms with van der Waals surface area (Å²) in [4.78, 5) is 13.6. The maximum Gasteiger partial charge on any atom is 0.251 e. The van der Waals surface area contributed by atoms with Crippen LogP contribution in [0.1, 0.15) is 63.4 Å². The zero-order valence-corrected chi connectivity index (χ0v) is 24.1. The lowest BCUT2D eigenvalue weighted by Crippen LogP contribution is -2.51. The summed E-state index contributed by atoms with van der Waals surface area (Å²) in [6, 6.07) is 14.5. The van der Waals surface area contributed by atoms with Crippen molar-refractivity contribution in [3.05, 3.63) is 59.7 Å². The minimum absolute atomic E-state index is 0.0236. The molecule has 9 heteroatoms. The summed E-state index contributed by atoms with van der Waals surface area (Å²) >= 11 is 0. The molecule has 2 aromatic rings. The lowest BCUT2D eigenvalue weighted by Gasteiger charge is -2.31. The van der Waals surface area contributed by atoms with Crippen LogP contribution in [0.2, 0.25) is 0 Å². The highest BCUT2D eigenvalue weighted by molar-refractivity contribution is 7.92. The molecule has 3 rings (SSSR count). The van der Waals surface area contributed by atoms with Gasteiger partial charge in [-0.3, -0.25) is 9.10 Å². The van der Waals surface area contributed by atoms with Crippen molar-refractivity contribution in [1.82, 2.24) is 10.6 Å². The molecular formula is C29H44N4O4S. The van der Waals surface area contributed by atoms with Gasteiger partial charge in [-0.15, -0.1) is 0 Å². The molecule has 3 atom stereocenters. The SMILES string of the molecule is CCNc1cc(C(=O)N[C@@H](Cc2ccccc2)[C@H](O)CN[C@H](C)C(C)(C)C)cc(N2CCCCS2(=O)=O)c1.